The number of aliphatic hydroxyl groups excluding tert-OH is 1. The molecule has 1 aliphatic rings. The second kappa shape index (κ2) is 10.8. The maximum atomic E-state index is 13.1. The molecule has 1 N–H and O–H groups in total. The number of carbonyl (C=O) groups excluding carboxylic acids is 2. The quantitative estimate of drug-likeness (QED) is 0.288. The van der Waals surface area contributed by atoms with Crippen LogP contribution in [0.15, 0.2) is 48.0 Å². The summed E-state index contributed by atoms with van der Waals surface area (Å²) in [5.74, 6) is -0.00261. The standard InChI is InChI=1S/C28H35NO5/c1-7-8-15-29-25(20-9-12-22(13-10-20)33-17(2)3)24(27(31)28(29)32)26(30)21-11-14-23(19(6)16-21)34-18(4)5/h9-14,16-18,25,30H,7-8,15H2,1-6H3/b26-24-. The molecular formula is C28H35NO5. The van der Waals surface area contributed by atoms with Gasteiger partial charge in [-0.15, -0.1) is 0 Å². The van der Waals surface area contributed by atoms with E-state index in [9.17, 15) is 14.7 Å². The predicted octanol–water partition coefficient (Wildman–Crippen LogP) is 5.79. The number of nitrogens with zero attached hydrogens (tertiary/aromatic N) is 1. The number of rotatable bonds is 9. The molecule has 0 aromatic heterocycles. The van der Waals surface area contributed by atoms with Crippen LogP contribution in [-0.2, 0) is 9.59 Å². The third-order valence-corrected chi connectivity index (χ3v) is 5.67. The first-order valence-electron chi connectivity index (χ1n) is 12.0. The normalized spacial score (nSPS) is 17.6. The molecular weight excluding hydrogens is 430 g/mol. The molecule has 1 fully saturated rings. The SMILES string of the molecule is CCCCN1C(=O)C(=O)/C(=C(\O)c2ccc(OC(C)C)c(C)c2)C1c1ccc(OC(C)C)cc1. The predicted molar refractivity (Wildman–Crippen MR) is 133 cm³/mol. The highest BCUT2D eigenvalue weighted by molar-refractivity contribution is 6.46. The molecule has 1 aliphatic heterocycles. The van der Waals surface area contributed by atoms with Gasteiger partial charge in [0.2, 0.25) is 0 Å². The molecule has 1 heterocycles. The summed E-state index contributed by atoms with van der Waals surface area (Å²) in [5.41, 5.74) is 2.18. The zero-order valence-corrected chi connectivity index (χ0v) is 20.9. The minimum absolute atomic E-state index is 0.0182. The lowest BCUT2D eigenvalue weighted by Gasteiger charge is -2.25. The van der Waals surface area contributed by atoms with Gasteiger partial charge in [-0.25, -0.2) is 0 Å². The zero-order valence-electron chi connectivity index (χ0n) is 20.9. The van der Waals surface area contributed by atoms with E-state index in [1.54, 1.807) is 23.1 Å². The van der Waals surface area contributed by atoms with Gasteiger partial charge in [-0.2, -0.15) is 0 Å². The highest BCUT2D eigenvalue weighted by Crippen LogP contribution is 2.40. The number of aliphatic hydroxyl groups is 1. The molecule has 6 heteroatoms. The molecule has 0 spiro atoms. The van der Waals surface area contributed by atoms with Crippen molar-refractivity contribution in [2.45, 2.75) is 72.6 Å². The third kappa shape index (κ3) is 5.44. The van der Waals surface area contributed by atoms with E-state index in [0.717, 1.165) is 24.0 Å². The van der Waals surface area contributed by atoms with Gasteiger partial charge < -0.3 is 19.5 Å². The highest BCUT2D eigenvalue weighted by atomic mass is 16.5. The number of ether oxygens (including phenoxy) is 2. The van der Waals surface area contributed by atoms with E-state index < -0.39 is 17.7 Å². The summed E-state index contributed by atoms with van der Waals surface area (Å²) in [4.78, 5) is 27.7. The number of likely N-dealkylation sites (tertiary alicyclic amines) is 1. The van der Waals surface area contributed by atoms with E-state index in [1.165, 1.54) is 0 Å². The average Bonchev–Trinajstić information content (AvgIpc) is 3.03. The van der Waals surface area contributed by atoms with Crippen LogP contribution in [0.3, 0.4) is 0 Å². The van der Waals surface area contributed by atoms with Gasteiger partial charge >= 0.3 is 0 Å². The first-order chi connectivity index (χ1) is 16.1. The van der Waals surface area contributed by atoms with Gasteiger partial charge in [0.05, 0.1) is 23.8 Å². The van der Waals surface area contributed by atoms with Crippen LogP contribution in [0.25, 0.3) is 5.76 Å². The highest BCUT2D eigenvalue weighted by Gasteiger charge is 2.45. The minimum atomic E-state index is -0.665. The van der Waals surface area contributed by atoms with Crippen LogP contribution in [-0.4, -0.2) is 40.4 Å². The summed E-state index contributed by atoms with van der Waals surface area (Å²) in [7, 11) is 0. The molecule has 2 aromatic rings. The Morgan fingerprint density at radius 1 is 1.00 bits per heavy atom. The van der Waals surface area contributed by atoms with E-state index in [1.807, 2.05) is 65.8 Å². The van der Waals surface area contributed by atoms with Crippen molar-refractivity contribution in [3.63, 3.8) is 0 Å². The van der Waals surface area contributed by atoms with Crippen molar-refractivity contribution in [3.8, 4) is 11.5 Å². The Morgan fingerprint density at radius 3 is 2.21 bits per heavy atom. The molecule has 2 aromatic carbocycles. The van der Waals surface area contributed by atoms with Crippen molar-refractivity contribution < 1.29 is 24.2 Å². The molecule has 0 saturated carbocycles. The summed E-state index contributed by atoms with van der Waals surface area (Å²) in [5, 5.41) is 11.3. The Balaban J connectivity index is 2.08. The first kappa shape index (κ1) is 25.3. The Kier molecular flexibility index (Phi) is 8.02. The molecule has 3 rings (SSSR count). The Labute approximate surface area is 202 Å². The van der Waals surface area contributed by atoms with E-state index in [2.05, 4.69) is 0 Å². The van der Waals surface area contributed by atoms with Crippen LogP contribution in [0.2, 0.25) is 0 Å². The van der Waals surface area contributed by atoms with Crippen molar-refractivity contribution in [3.05, 3.63) is 64.7 Å². The monoisotopic (exact) mass is 465 g/mol. The third-order valence-electron chi connectivity index (χ3n) is 5.67. The molecule has 1 atom stereocenters. The number of Topliss-reactive ketones (excluding diaryl/α,β-unsaturated/α-hetero) is 1. The van der Waals surface area contributed by atoms with Crippen LogP contribution in [0.1, 0.15) is 70.2 Å². The van der Waals surface area contributed by atoms with Gasteiger partial charge in [0, 0.05) is 12.1 Å². The lowest BCUT2D eigenvalue weighted by atomic mass is 9.94. The number of benzene rings is 2. The van der Waals surface area contributed by atoms with Gasteiger partial charge in [0.25, 0.3) is 11.7 Å². The van der Waals surface area contributed by atoms with Gasteiger partial charge in [0.15, 0.2) is 0 Å². The van der Waals surface area contributed by atoms with E-state index in [-0.39, 0.29) is 23.5 Å². The molecule has 34 heavy (non-hydrogen) atoms. The van der Waals surface area contributed by atoms with Gasteiger partial charge in [-0.3, -0.25) is 9.59 Å². The fourth-order valence-corrected chi connectivity index (χ4v) is 4.12. The van der Waals surface area contributed by atoms with Crippen molar-refractivity contribution >= 4 is 17.4 Å². The number of hydrogen-bond donors (Lipinski definition) is 1. The Bertz CT molecular complexity index is 1070. The lowest BCUT2D eigenvalue weighted by molar-refractivity contribution is -0.139. The Morgan fingerprint density at radius 2 is 1.65 bits per heavy atom. The summed E-state index contributed by atoms with van der Waals surface area (Å²) >= 11 is 0. The molecule has 0 bridgehead atoms. The zero-order chi connectivity index (χ0) is 25.0. The average molecular weight is 466 g/mol. The van der Waals surface area contributed by atoms with Gasteiger partial charge in [-0.1, -0.05) is 25.5 Å². The minimum Gasteiger partial charge on any atom is -0.507 e. The van der Waals surface area contributed by atoms with Crippen molar-refractivity contribution in [2.75, 3.05) is 6.54 Å². The topological polar surface area (TPSA) is 76.1 Å². The largest absolute Gasteiger partial charge is 0.507 e. The molecule has 0 aliphatic carbocycles. The summed E-state index contributed by atoms with van der Waals surface area (Å²) < 4.78 is 11.5. The molecule has 1 unspecified atom stereocenters. The van der Waals surface area contributed by atoms with Crippen LogP contribution >= 0.6 is 0 Å². The molecule has 0 radical (unpaired) electrons. The van der Waals surface area contributed by atoms with E-state index in [4.69, 9.17) is 9.47 Å². The van der Waals surface area contributed by atoms with Crippen molar-refractivity contribution in [1.82, 2.24) is 4.90 Å². The number of ketones is 1. The fourth-order valence-electron chi connectivity index (χ4n) is 4.12. The van der Waals surface area contributed by atoms with E-state index >= 15 is 0 Å². The summed E-state index contributed by atoms with van der Waals surface area (Å²) in [6.07, 6.45) is 1.70. The maximum absolute atomic E-state index is 13.1. The van der Waals surface area contributed by atoms with Crippen LogP contribution < -0.4 is 9.47 Å². The van der Waals surface area contributed by atoms with E-state index in [0.29, 0.717) is 23.6 Å². The number of hydrogen-bond acceptors (Lipinski definition) is 5. The summed E-state index contributed by atoms with van der Waals surface area (Å²) in [6.45, 7) is 12.2. The number of aryl methyl sites for hydroxylation is 1. The van der Waals surface area contributed by atoms with Crippen LogP contribution in [0.5, 0.6) is 11.5 Å². The fraction of sp³-hybridized carbons (Fsp3) is 0.429. The van der Waals surface area contributed by atoms with Crippen LogP contribution in [0.4, 0.5) is 0 Å². The second-order valence-corrected chi connectivity index (χ2v) is 9.23. The number of amides is 1. The molecule has 1 amide bonds. The summed E-state index contributed by atoms with van der Waals surface area (Å²) in [6, 6.07) is 12.0. The second-order valence-electron chi connectivity index (χ2n) is 9.23. The number of unbranched alkanes of at least 4 members (excludes halogenated alkanes) is 1. The van der Waals surface area contributed by atoms with Crippen molar-refractivity contribution in [1.29, 1.82) is 0 Å². The lowest BCUT2D eigenvalue weighted by Crippen LogP contribution is -2.30. The van der Waals surface area contributed by atoms with Crippen LogP contribution in [0, 0.1) is 6.92 Å². The number of carbonyl (C=O) groups is 2. The molecule has 182 valence electrons. The Hall–Kier alpha value is -3.28. The molecule has 1 saturated heterocycles. The first-order valence-corrected chi connectivity index (χ1v) is 12.0. The van der Waals surface area contributed by atoms with Crippen molar-refractivity contribution in [2.24, 2.45) is 0 Å². The maximum Gasteiger partial charge on any atom is 0.295 e. The van der Waals surface area contributed by atoms with Gasteiger partial charge in [0.1, 0.15) is 17.3 Å². The van der Waals surface area contributed by atoms with Gasteiger partial charge in [-0.05, 0) is 82.5 Å². The molecule has 6 nitrogen and oxygen atoms in total. The smallest absolute Gasteiger partial charge is 0.295 e.